The van der Waals surface area contributed by atoms with Gasteiger partial charge in [0.05, 0.1) is 14.2 Å². The number of ether oxygens (including phenoxy) is 2. The molecule has 0 aliphatic heterocycles. The van der Waals surface area contributed by atoms with E-state index in [1.807, 2.05) is 24.3 Å². The van der Waals surface area contributed by atoms with Crippen molar-refractivity contribution in [1.82, 2.24) is 0 Å². The summed E-state index contributed by atoms with van der Waals surface area (Å²) in [6.45, 7) is 0. The summed E-state index contributed by atoms with van der Waals surface area (Å²) in [5.74, 6) is 1.75. The van der Waals surface area contributed by atoms with Gasteiger partial charge in [-0.3, -0.25) is 4.79 Å². The van der Waals surface area contributed by atoms with E-state index in [0.717, 1.165) is 41.9 Å². The number of methoxy groups -OCH3 is 2. The normalized spacial score (nSPS) is 17.9. The zero-order chi connectivity index (χ0) is 13.0. The third kappa shape index (κ3) is 2.92. The molecule has 0 spiro atoms. The monoisotopic (exact) mass is 246 g/mol. The molecule has 3 heteroatoms. The van der Waals surface area contributed by atoms with Gasteiger partial charge >= 0.3 is 0 Å². The third-order valence-corrected chi connectivity index (χ3v) is 3.17. The molecule has 0 N–H and O–H groups in total. The van der Waals surface area contributed by atoms with Crippen molar-refractivity contribution < 1.29 is 14.3 Å². The number of carbonyl (C=O) groups is 1. The first-order valence-electron chi connectivity index (χ1n) is 6.20. The molecule has 18 heavy (non-hydrogen) atoms. The lowest BCUT2D eigenvalue weighted by Gasteiger charge is -2.13. The Bertz CT molecular complexity index is 452. The van der Waals surface area contributed by atoms with Gasteiger partial charge in [-0.1, -0.05) is 0 Å². The lowest BCUT2D eigenvalue weighted by molar-refractivity contribution is -0.116. The fraction of sp³-hybridized carbons (Fsp3) is 0.400. The molecule has 0 bridgehead atoms. The Labute approximate surface area is 107 Å². The van der Waals surface area contributed by atoms with E-state index in [9.17, 15) is 4.79 Å². The highest BCUT2D eigenvalue weighted by Crippen LogP contribution is 2.27. The van der Waals surface area contributed by atoms with Gasteiger partial charge in [-0.25, -0.2) is 0 Å². The number of ketones is 1. The summed E-state index contributed by atoms with van der Waals surface area (Å²) in [4.78, 5) is 11.8. The minimum atomic E-state index is 0.267. The molecule has 1 saturated carbocycles. The van der Waals surface area contributed by atoms with Crippen LogP contribution >= 0.6 is 0 Å². The molecule has 2 rings (SSSR count). The Morgan fingerprint density at radius 1 is 1.00 bits per heavy atom. The van der Waals surface area contributed by atoms with Crippen LogP contribution in [0.2, 0.25) is 0 Å². The lowest BCUT2D eigenvalue weighted by atomic mass is 9.92. The van der Waals surface area contributed by atoms with Gasteiger partial charge in [0.2, 0.25) is 0 Å². The number of hydrogen-bond acceptors (Lipinski definition) is 3. The van der Waals surface area contributed by atoms with Crippen molar-refractivity contribution in [1.29, 1.82) is 0 Å². The van der Waals surface area contributed by atoms with Crippen LogP contribution in [-0.2, 0) is 4.79 Å². The fourth-order valence-corrected chi connectivity index (χ4v) is 2.17. The predicted molar refractivity (Wildman–Crippen MR) is 71.0 cm³/mol. The van der Waals surface area contributed by atoms with Crippen LogP contribution in [0.15, 0.2) is 23.8 Å². The molecule has 1 aromatic rings. The third-order valence-electron chi connectivity index (χ3n) is 3.17. The molecule has 0 radical (unpaired) electrons. The second-order valence-corrected chi connectivity index (χ2v) is 4.45. The van der Waals surface area contributed by atoms with Gasteiger partial charge in [-0.05, 0) is 48.6 Å². The number of benzene rings is 1. The van der Waals surface area contributed by atoms with Crippen LogP contribution in [0.25, 0.3) is 6.08 Å². The van der Waals surface area contributed by atoms with Crippen LogP contribution in [0.4, 0.5) is 0 Å². The second-order valence-electron chi connectivity index (χ2n) is 4.45. The molecule has 0 atom stereocenters. The minimum Gasteiger partial charge on any atom is -0.497 e. The molecule has 0 amide bonds. The number of allylic oxidation sites excluding steroid dienone is 1. The molecule has 96 valence electrons. The first kappa shape index (κ1) is 12.7. The first-order valence-corrected chi connectivity index (χ1v) is 6.20. The van der Waals surface area contributed by atoms with Crippen LogP contribution in [0.1, 0.15) is 31.2 Å². The number of Topliss-reactive ketones (excluding diaryl/α,β-unsaturated/α-hetero) is 1. The molecule has 0 heterocycles. The maximum absolute atomic E-state index is 11.8. The fourth-order valence-electron chi connectivity index (χ4n) is 2.17. The minimum absolute atomic E-state index is 0.267. The van der Waals surface area contributed by atoms with Gasteiger partial charge in [-0.2, -0.15) is 0 Å². The van der Waals surface area contributed by atoms with Crippen molar-refractivity contribution in [2.24, 2.45) is 0 Å². The molecule has 1 aromatic carbocycles. The van der Waals surface area contributed by atoms with Gasteiger partial charge in [0.25, 0.3) is 0 Å². The molecule has 0 saturated heterocycles. The largest absolute Gasteiger partial charge is 0.497 e. The maximum atomic E-state index is 11.8. The Morgan fingerprint density at radius 2 is 1.61 bits per heavy atom. The molecule has 1 fully saturated rings. The number of carbonyl (C=O) groups excluding carboxylic acids is 1. The summed E-state index contributed by atoms with van der Waals surface area (Å²) in [5.41, 5.74) is 1.87. The average Bonchev–Trinajstić information content (AvgIpc) is 2.41. The summed E-state index contributed by atoms with van der Waals surface area (Å²) < 4.78 is 10.4. The summed E-state index contributed by atoms with van der Waals surface area (Å²) in [5, 5.41) is 0. The van der Waals surface area contributed by atoms with Gasteiger partial charge in [0, 0.05) is 12.5 Å². The summed E-state index contributed by atoms with van der Waals surface area (Å²) in [6.07, 6.45) is 5.61. The highest BCUT2D eigenvalue weighted by atomic mass is 16.5. The lowest BCUT2D eigenvalue weighted by Crippen LogP contribution is -2.07. The standard InChI is InChI=1S/C15H18O3/c1-17-13-8-11(9-14(10-13)18-2)7-12-5-3-4-6-15(12)16/h7-10H,3-6H2,1-2H3/b12-7+. The van der Waals surface area contributed by atoms with Crippen LogP contribution in [0.5, 0.6) is 11.5 Å². The van der Waals surface area contributed by atoms with E-state index in [0.29, 0.717) is 6.42 Å². The predicted octanol–water partition coefficient (Wildman–Crippen LogP) is 3.23. The number of hydrogen-bond donors (Lipinski definition) is 0. The first-order chi connectivity index (χ1) is 8.72. The smallest absolute Gasteiger partial charge is 0.158 e. The molecular formula is C15H18O3. The van der Waals surface area contributed by atoms with Crippen molar-refractivity contribution in [3.8, 4) is 11.5 Å². The molecular weight excluding hydrogens is 228 g/mol. The van der Waals surface area contributed by atoms with E-state index in [4.69, 9.17) is 9.47 Å². The highest BCUT2D eigenvalue weighted by molar-refractivity contribution is 6.00. The molecule has 1 aliphatic carbocycles. The van der Waals surface area contributed by atoms with Gasteiger partial charge in [0.15, 0.2) is 5.78 Å². The Balaban J connectivity index is 2.32. The Kier molecular flexibility index (Phi) is 4.03. The van der Waals surface area contributed by atoms with Crippen LogP contribution in [0, 0.1) is 0 Å². The van der Waals surface area contributed by atoms with Crippen molar-refractivity contribution in [2.45, 2.75) is 25.7 Å². The SMILES string of the molecule is COc1cc(/C=C2\CCCCC2=O)cc(OC)c1. The van der Waals surface area contributed by atoms with Crippen molar-refractivity contribution in [3.05, 3.63) is 29.3 Å². The van der Waals surface area contributed by atoms with E-state index in [1.54, 1.807) is 14.2 Å². The summed E-state index contributed by atoms with van der Waals surface area (Å²) >= 11 is 0. The number of rotatable bonds is 3. The Morgan fingerprint density at radius 3 is 2.17 bits per heavy atom. The van der Waals surface area contributed by atoms with E-state index < -0.39 is 0 Å². The van der Waals surface area contributed by atoms with Crippen molar-refractivity contribution >= 4 is 11.9 Å². The van der Waals surface area contributed by atoms with Gasteiger partial charge in [0.1, 0.15) is 11.5 Å². The topological polar surface area (TPSA) is 35.5 Å². The van der Waals surface area contributed by atoms with Crippen molar-refractivity contribution in [2.75, 3.05) is 14.2 Å². The molecule has 0 aromatic heterocycles. The zero-order valence-electron chi connectivity index (χ0n) is 10.9. The van der Waals surface area contributed by atoms with Gasteiger partial charge < -0.3 is 9.47 Å². The van der Waals surface area contributed by atoms with Crippen LogP contribution < -0.4 is 9.47 Å². The maximum Gasteiger partial charge on any atom is 0.158 e. The van der Waals surface area contributed by atoms with E-state index in [1.165, 1.54) is 0 Å². The van der Waals surface area contributed by atoms with E-state index in [-0.39, 0.29) is 5.78 Å². The van der Waals surface area contributed by atoms with E-state index >= 15 is 0 Å². The summed E-state index contributed by atoms with van der Waals surface area (Å²) in [7, 11) is 3.24. The van der Waals surface area contributed by atoms with E-state index in [2.05, 4.69) is 0 Å². The van der Waals surface area contributed by atoms with Crippen molar-refractivity contribution in [3.63, 3.8) is 0 Å². The Hall–Kier alpha value is -1.77. The average molecular weight is 246 g/mol. The second kappa shape index (κ2) is 5.71. The molecule has 3 nitrogen and oxygen atoms in total. The van der Waals surface area contributed by atoms with Crippen LogP contribution in [0.3, 0.4) is 0 Å². The van der Waals surface area contributed by atoms with Gasteiger partial charge in [-0.15, -0.1) is 0 Å². The molecule has 0 unspecified atom stereocenters. The summed E-state index contributed by atoms with van der Waals surface area (Å²) in [6, 6.07) is 5.65. The highest BCUT2D eigenvalue weighted by Gasteiger charge is 2.14. The van der Waals surface area contributed by atoms with Crippen LogP contribution in [-0.4, -0.2) is 20.0 Å². The molecule has 1 aliphatic rings. The quantitative estimate of drug-likeness (QED) is 0.768. The zero-order valence-corrected chi connectivity index (χ0v) is 10.9.